The van der Waals surface area contributed by atoms with Crippen LogP contribution in [0.25, 0.3) is 10.3 Å². The van der Waals surface area contributed by atoms with Gasteiger partial charge < -0.3 is 0 Å². The van der Waals surface area contributed by atoms with Crippen LogP contribution < -0.4 is 0 Å². The van der Waals surface area contributed by atoms with Crippen LogP contribution in [-0.2, 0) is 19.6 Å². The Hall–Kier alpha value is -2.85. The summed E-state index contributed by atoms with van der Waals surface area (Å²) in [6.45, 7) is 2.15. The minimum absolute atomic E-state index is 0.711. The van der Waals surface area contributed by atoms with E-state index >= 15 is 0 Å². The summed E-state index contributed by atoms with van der Waals surface area (Å²) in [4.78, 5) is 2.36. The first-order chi connectivity index (χ1) is 15.3. The summed E-state index contributed by atoms with van der Waals surface area (Å²) >= 11 is 9.52. The van der Waals surface area contributed by atoms with Crippen LogP contribution in [0.3, 0.4) is 0 Å². The molecule has 0 aliphatic heterocycles. The number of hydrogen-bond acceptors (Lipinski definition) is 7. The topological polar surface area (TPSA) is 64.7 Å². The lowest BCUT2D eigenvalue weighted by Crippen LogP contribution is -2.25. The highest BCUT2D eigenvalue weighted by molar-refractivity contribution is 7.12. The summed E-state index contributed by atoms with van der Waals surface area (Å²) in [5, 5.41) is 18.9. The molecule has 7 nitrogen and oxygen atoms in total. The minimum atomic E-state index is 0.711. The molecule has 0 aliphatic rings. The van der Waals surface area contributed by atoms with E-state index in [0.29, 0.717) is 6.54 Å². The van der Waals surface area contributed by atoms with Gasteiger partial charge in [-0.1, -0.05) is 52.5 Å². The van der Waals surface area contributed by atoms with Crippen LogP contribution in [0.15, 0.2) is 71.9 Å². The highest BCUT2D eigenvalue weighted by Gasteiger charge is 2.16. The smallest absolute Gasteiger partial charge is 0.216 e. The third-order valence-corrected chi connectivity index (χ3v) is 6.65. The van der Waals surface area contributed by atoms with Crippen molar-refractivity contribution < 1.29 is 0 Å². The lowest BCUT2D eigenvalue weighted by Gasteiger charge is -2.24. The average molecular weight is 468 g/mol. The molecule has 0 N–H and O–H groups in total. The Balaban J connectivity index is 1.46. The van der Waals surface area contributed by atoms with E-state index in [1.807, 2.05) is 42.7 Å². The van der Waals surface area contributed by atoms with Gasteiger partial charge in [-0.05, 0) is 35.9 Å². The first kappa shape index (κ1) is 20.1. The third-order valence-electron chi connectivity index (χ3n) is 4.90. The van der Waals surface area contributed by atoms with Crippen molar-refractivity contribution in [1.29, 1.82) is 0 Å². The van der Waals surface area contributed by atoms with Gasteiger partial charge >= 0.3 is 0 Å². The molecule has 0 spiro atoms. The Morgan fingerprint density at radius 1 is 0.742 bits per heavy atom. The fourth-order valence-corrected chi connectivity index (χ4v) is 4.85. The molecule has 0 saturated heterocycles. The average Bonchev–Trinajstić information content (AvgIpc) is 3.56. The molecule has 0 amide bonds. The molecule has 156 valence electrons. The van der Waals surface area contributed by atoms with Gasteiger partial charge in [-0.15, -0.1) is 20.4 Å². The van der Waals surface area contributed by atoms with E-state index < -0.39 is 0 Å². The molecule has 0 bridgehead atoms. The van der Waals surface area contributed by atoms with Crippen LogP contribution in [0.1, 0.15) is 17.0 Å². The molecule has 0 fully saturated rings. The van der Waals surface area contributed by atoms with Gasteiger partial charge in [0.25, 0.3) is 0 Å². The molecule has 0 saturated carbocycles. The number of aromatic nitrogens is 6. The molecule has 5 rings (SSSR count). The second kappa shape index (κ2) is 9.11. The zero-order valence-electron chi connectivity index (χ0n) is 16.4. The molecule has 10 heteroatoms. The van der Waals surface area contributed by atoms with E-state index in [4.69, 9.17) is 11.6 Å². The highest BCUT2D eigenvalue weighted by Crippen LogP contribution is 2.23. The van der Waals surface area contributed by atoms with E-state index in [1.54, 1.807) is 11.0 Å². The van der Waals surface area contributed by atoms with Crippen LogP contribution in [0.5, 0.6) is 0 Å². The summed E-state index contributed by atoms with van der Waals surface area (Å²) in [6, 6.07) is 16.3. The van der Waals surface area contributed by atoms with Gasteiger partial charge in [0, 0.05) is 48.4 Å². The quantitative estimate of drug-likeness (QED) is 0.327. The summed E-state index contributed by atoms with van der Waals surface area (Å²) in [5.74, 6) is 0. The maximum Gasteiger partial charge on any atom is 0.216 e. The van der Waals surface area contributed by atoms with E-state index in [2.05, 4.69) is 52.6 Å². The van der Waals surface area contributed by atoms with E-state index in [9.17, 15) is 0 Å². The molecule has 4 aromatic heterocycles. The fraction of sp³-hybridized carbons (Fsp3) is 0.143. The summed E-state index contributed by atoms with van der Waals surface area (Å²) in [6.07, 6.45) is 4.04. The largest absolute Gasteiger partial charge is 0.294 e. The monoisotopic (exact) mass is 467 g/mol. The Morgan fingerprint density at radius 2 is 1.32 bits per heavy atom. The first-order valence-electron chi connectivity index (χ1n) is 9.59. The molecule has 0 atom stereocenters. The second-order valence-corrected chi connectivity index (χ2v) is 8.95. The highest BCUT2D eigenvalue weighted by atomic mass is 35.5. The first-order valence-corrected chi connectivity index (χ1v) is 11.7. The normalized spacial score (nSPS) is 11.4. The van der Waals surface area contributed by atoms with Gasteiger partial charge in [0.05, 0.1) is 0 Å². The lowest BCUT2D eigenvalue weighted by molar-refractivity contribution is 0.239. The van der Waals surface area contributed by atoms with Crippen LogP contribution in [-0.4, -0.2) is 34.4 Å². The SMILES string of the molecule is Clc1ccccc1CN(Cc1cccn1-c1nncs1)Cc1cccn1-c1nncs1. The van der Waals surface area contributed by atoms with Crippen LogP contribution in [0.2, 0.25) is 5.02 Å². The van der Waals surface area contributed by atoms with Crippen LogP contribution >= 0.6 is 34.3 Å². The van der Waals surface area contributed by atoms with Gasteiger partial charge in [0.2, 0.25) is 10.3 Å². The Bertz CT molecular complexity index is 1170. The number of hydrogen-bond donors (Lipinski definition) is 0. The van der Waals surface area contributed by atoms with Crippen molar-refractivity contribution in [2.24, 2.45) is 0 Å². The van der Waals surface area contributed by atoms with E-state index in [0.717, 1.165) is 45.3 Å². The van der Waals surface area contributed by atoms with Gasteiger partial charge in [-0.25, -0.2) is 0 Å². The molecule has 31 heavy (non-hydrogen) atoms. The standard InChI is InChI=1S/C21H18ClN7S2/c22-19-8-2-1-5-16(19)11-27(12-17-6-3-9-28(17)20-25-23-14-30-20)13-18-7-4-10-29(18)21-26-24-15-31-21/h1-10,14-15H,11-13H2. The minimum Gasteiger partial charge on any atom is -0.294 e. The fourth-order valence-electron chi connectivity index (χ4n) is 3.50. The molecule has 0 aliphatic carbocycles. The summed E-state index contributed by atoms with van der Waals surface area (Å²) < 4.78 is 4.17. The number of halogens is 1. The van der Waals surface area contributed by atoms with E-state index in [1.165, 1.54) is 22.7 Å². The zero-order chi connectivity index (χ0) is 21.0. The molecule has 5 aromatic rings. The molecule has 4 heterocycles. The molecule has 0 unspecified atom stereocenters. The van der Waals surface area contributed by atoms with Crippen molar-refractivity contribution in [2.45, 2.75) is 19.6 Å². The second-order valence-electron chi connectivity index (χ2n) is 6.92. The van der Waals surface area contributed by atoms with Crippen LogP contribution in [0.4, 0.5) is 0 Å². The van der Waals surface area contributed by atoms with Crippen molar-refractivity contribution in [3.8, 4) is 10.3 Å². The molecular formula is C21H18ClN7S2. The van der Waals surface area contributed by atoms with Gasteiger partial charge in [-0.3, -0.25) is 14.0 Å². The Morgan fingerprint density at radius 3 is 1.84 bits per heavy atom. The van der Waals surface area contributed by atoms with Crippen molar-refractivity contribution in [1.82, 2.24) is 34.4 Å². The van der Waals surface area contributed by atoms with Gasteiger partial charge in [0.15, 0.2) is 0 Å². The van der Waals surface area contributed by atoms with Crippen LogP contribution in [0, 0.1) is 0 Å². The Kier molecular flexibility index (Phi) is 5.90. The molecular weight excluding hydrogens is 450 g/mol. The van der Waals surface area contributed by atoms with Gasteiger partial charge in [0.1, 0.15) is 11.0 Å². The number of nitrogens with zero attached hydrogens (tertiary/aromatic N) is 7. The van der Waals surface area contributed by atoms with Crippen molar-refractivity contribution >= 4 is 34.3 Å². The maximum absolute atomic E-state index is 6.49. The molecule has 1 aromatic carbocycles. The van der Waals surface area contributed by atoms with Crippen molar-refractivity contribution in [2.75, 3.05) is 0 Å². The van der Waals surface area contributed by atoms with Gasteiger partial charge in [-0.2, -0.15) is 0 Å². The summed E-state index contributed by atoms with van der Waals surface area (Å²) in [5.41, 5.74) is 6.85. The number of rotatable bonds is 8. The lowest BCUT2D eigenvalue weighted by atomic mass is 10.2. The molecule has 0 radical (unpaired) electrons. The Labute approximate surface area is 192 Å². The van der Waals surface area contributed by atoms with E-state index in [-0.39, 0.29) is 0 Å². The number of benzene rings is 1. The third kappa shape index (κ3) is 4.45. The maximum atomic E-state index is 6.49. The zero-order valence-corrected chi connectivity index (χ0v) is 18.8. The van der Waals surface area contributed by atoms with Crippen molar-refractivity contribution in [3.63, 3.8) is 0 Å². The van der Waals surface area contributed by atoms with Crippen molar-refractivity contribution in [3.05, 3.63) is 93.9 Å². The summed E-state index contributed by atoms with van der Waals surface area (Å²) in [7, 11) is 0. The predicted molar refractivity (Wildman–Crippen MR) is 123 cm³/mol. The predicted octanol–water partition coefficient (Wildman–Crippen LogP) is 4.83.